The highest BCUT2D eigenvalue weighted by molar-refractivity contribution is 6.36. The zero-order valence-corrected chi connectivity index (χ0v) is 19.3. The van der Waals surface area contributed by atoms with Crippen molar-refractivity contribution >= 4 is 35.0 Å². The summed E-state index contributed by atoms with van der Waals surface area (Å²) in [6.07, 6.45) is 1.81. The highest BCUT2D eigenvalue weighted by Gasteiger charge is 2.15. The number of amides is 2. The predicted octanol–water partition coefficient (Wildman–Crippen LogP) is 5.03. The molecular formula is C25H19Cl2FN4O2. The van der Waals surface area contributed by atoms with Gasteiger partial charge in [-0.25, -0.2) is 9.07 Å². The number of hydrogen-bond donors (Lipinski definition) is 2. The van der Waals surface area contributed by atoms with Gasteiger partial charge in [0.25, 0.3) is 5.91 Å². The molecule has 9 heteroatoms. The number of halogens is 3. The Labute approximate surface area is 205 Å². The van der Waals surface area contributed by atoms with Crippen molar-refractivity contribution in [2.24, 2.45) is 0 Å². The molecule has 4 rings (SSSR count). The van der Waals surface area contributed by atoms with Crippen LogP contribution in [-0.4, -0.2) is 28.1 Å². The molecule has 0 bridgehead atoms. The van der Waals surface area contributed by atoms with Crippen molar-refractivity contribution in [2.45, 2.75) is 6.54 Å². The first kappa shape index (κ1) is 23.5. The largest absolute Gasteiger partial charge is 0.350 e. The van der Waals surface area contributed by atoms with Gasteiger partial charge < -0.3 is 10.6 Å². The predicted molar refractivity (Wildman–Crippen MR) is 130 cm³/mol. The molecule has 0 unspecified atom stereocenters. The molecule has 0 aliphatic carbocycles. The number of carbonyl (C=O) groups excluding carboxylic acids is 2. The number of nitrogens with one attached hydrogen (secondary N) is 2. The van der Waals surface area contributed by atoms with Gasteiger partial charge in [0.15, 0.2) is 0 Å². The zero-order valence-electron chi connectivity index (χ0n) is 17.8. The summed E-state index contributed by atoms with van der Waals surface area (Å²) in [6.45, 7) is -0.0769. The minimum atomic E-state index is -0.485. The van der Waals surface area contributed by atoms with Crippen LogP contribution in [0.3, 0.4) is 0 Å². The SMILES string of the molecule is O=C(CNC(=O)c1ccc(Cl)cc1Cl)NCc1cn(-c2ccccc2)nc1-c1ccc(F)cc1. The lowest BCUT2D eigenvalue weighted by Gasteiger charge is -2.08. The van der Waals surface area contributed by atoms with Gasteiger partial charge in [0, 0.05) is 28.9 Å². The Morgan fingerprint density at radius 3 is 2.38 bits per heavy atom. The fraction of sp³-hybridized carbons (Fsp3) is 0.0800. The van der Waals surface area contributed by atoms with Crippen LogP contribution >= 0.6 is 23.2 Å². The van der Waals surface area contributed by atoms with Gasteiger partial charge in [-0.2, -0.15) is 5.10 Å². The standard InChI is InChI=1S/C25H19Cl2FN4O2/c26-18-8-11-21(22(27)12-18)25(34)30-14-23(33)29-13-17-15-32(20-4-2-1-3-5-20)31-24(17)16-6-9-19(28)10-7-16/h1-12,15H,13-14H2,(H,29,33)(H,30,34). The molecular weight excluding hydrogens is 478 g/mol. The average molecular weight is 497 g/mol. The molecule has 0 atom stereocenters. The van der Waals surface area contributed by atoms with Crippen LogP contribution < -0.4 is 10.6 Å². The molecule has 4 aromatic rings. The highest BCUT2D eigenvalue weighted by atomic mass is 35.5. The lowest BCUT2D eigenvalue weighted by molar-refractivity contribution is -0.120. The lowest BCUT2D eigenvalue weighted by Crippen LogP contribution is -2.36. The number of benzene rings is 3. The molecule has 1 heterocycles. The van der Waals surface area contributed by atoms with Crippen molar-refractivity contribution in [3.05, 3.63) is 106 Å². The van der Waals surface area contributed by atoms with E-state index in [4.69, 9.17) is 23.2 Å². The van der Waals surface area contributed by atoms with E-state index in [9.17, 15) is 14.0 Å². The van der Waals surface area contributed by atoms with Crippen LogP contribution in [-0.2, 0) is 11.3 Å². The summed E-state index contributed by atoms with van der Waals surface area (Å²) in [5, 5.41) is 10.6. The van der Waals surface area contributed by atoms with Crippen molar-refractivity contribution in [2.75, 3.05) is 6.54 Å². The van der Waals surface area contributed by atoms with Gasteiger partial charge in [0.05, 0.1) is 28.5 Å². The van der Waals surface area contributed by atoms with Crippen molar-refractivity contribution in [1.29, 1.82) is 0 Å². The fourth-order valence-electron chi connectivity index (χ4n) is 3.29. The van der Waals surface area contributed by atoms with Crippen LogP contribution in [0.2, 0.25) is 10.0 Å². The summed E-state index contributed by atoms with van der Waals surface area (Å²) in [4.78, 5) is 24.7. The second kappa shape index (κ2) is 10.5. The zero-order chi connectivity index (χ0) is 24.1. The third-order valence-electron chi connectivity index (χ3n) is 4.99. The molecule has 1 aromatic heterocycles. The molecule has 0 radical (unpaired) electrons. The van der Waals surface area contributed by atoms with Crippen LogP contribution in [0.5, 0.6) is 0 Å². The summed E-state index contributed by atoms with van der Waals surface area (Å²) in [6, 6.07) is 20.0. The second-order valence-corrected chi connectivity index (χ2v) is 8.22. The van der Waals surface area contributed by atoms with E-state index >= 15 is 0 Å². The van der Waals surface area contributed by atoms with Crippen molar-refractivity contribution in [1.82, 2.24) is 20.4 Å². The first-order chi connectivity index (χ1) is 16.4. The molecule has 172 valence electrons. The van der Waals surface area contributed by atoms with Gasteiger partial charge in [-0.15, -0.1) is 0 Å². The average Bonchev–Trinajstić information content (AvgIpc) is 3.26. The second-order valence-electron chi connectivity index (χ2n) is 7.37. The number of aromatic nitrogens is 2. The van der Waals surface area contributed by atoms with Crippen molar-refractivity contribution < 1.29 is 14.0 Å². The number of rotatable bonds is 7. The molecule has 2 amide bonds. The summed E-state index contributed by atoms with van der Waals surface area (Å²) in [7, 11) is 0. The van der Waals surface area contributed by atoms with Crippen LogP contribution in [0.1, 0.15) is 15.9 Å². The van der Waals surface area contributed by atoms with E-state index in [-0.39, 0.29) is 29.5 Å². The van der Waals surface area contributed by atoms with Crippen LogP contribution in [0.4, 0.5) is 4.39 Å². The maximum Gasteiger partial charge on any atom is 0.253 e. The minimum absolute atomic E-state index is 0.163. The van der Waals surface area contributed by atoms with E-state index in [0.29, 0.717) is 16.3 Å². The molecule has 2 N–H and O–H groups in total. The molecule has 0 aliphatic rings. The van der Waals surface area contributed by atoms with Crippen molar-refractivity contribution in [3.8, 4) is 16.9 Å². The summed E-state index contributed by atoms with van der Waals surface area (Å²) in [5.41, 5.74) is 3.13. The Hall–Kier alpha value is -3.68. The summed E-state index contributed by atoms with van der Waals surface area (Å²) >= 11 is 11.9. The molecule has 0 aliphatic heterocycles. The van der Waals surface area contributed by atoms with E-state index < -0.39 is 11.8 Å². The third-order valence-corrected chi connectivity index (χ3v) is 5.54. The van der Waals surface area contributed by atoms with Crippen LogP contribution in [0.15, 0.2) is 79.0 Å². The van der Waals surface area contributed by atoms with E-state index in [1.807, 2.05) is 30.3 Å². The first-order valence-electron chi connectivity index (χ1n) is 10.3. The molecule has 3 aromatic carbocycles. The minimum Gasteiger partial charge on any atom is -0.350 e. The fourth-order valence-corrected chi connectivity index (χ4v) is 3.78. The van der Waals surface area contributed by atoms with Gasteiger partial charge >= 0.3 is 0 Å². The van der Waals surface area contributed by atoms with Gasteiger partial charge in [-0.3, -0.25) is 9.59 Å². The molecule has 0 saturated carbocycles. The van der Waals surface area contributed by atoms with E-state index in [1.165, 1.54) is 24.3 Å². The van der Waals surface area contributed by atoms with E-state index in [0.717, 1.165) is 11.3 Å². The number of hydrogen-bond acceptors (Lipinski definition) is 3. The van der Waals surface area contributed by atoms with E-state index in [2.05, 4.69) is 15.7 Å². The van der Waals surface area contributed by atoms with Crippen LogP contribution in [0, 0.1) is 5.82 Å². The normalized spacial score (nSPS) is 10.7. The molecule has 0 saturated heterocycles. The molecule has 34 heavy (non-hydrogen) atoms. The topological polar surface area (TPSA) is 76.0 Å². The molecule has 6 nitrogen and oxygen atoms in total. The number of nitrogens with zero attached hydrogens (tertiary/aromatic N) is 2. The Morgan fingerprint density at radius 1 is 0.941 bits per heavy atom. The number of carbonyl (C=O) groups is 2. The number of para-hydroxylation sites is 1. The summed E-state index contributed by atoms with van der Waals surface area (Å²) < 4.78 is 15.1. The lowest BCUT2D eigenvalue weighted by atomic mass is 10.1. The molecule has 0 fully saturated rings. The van der Waals surface area contributed by atoms with Gasteiger partial charge in [-0.1, -0.05) is 41.4 Å². The molecule has 0 spiro atoms. The highest BCUT2D eigenvalue weighted by Crippen LogP contribution is 2.24. The smallest absolute Gasteiger partial charge is 0.253 e. The Balaban J connectivity index is 1.46. The quantitative estimate of drug-likeness (QED) is 0.376. The van der Waals surface area contributed by atoms with Crippen LogP contribution in [0.25, 0.3) is 16.9 Å². The van der Waals surface area contributed by atoms with Gasteiger partial charge in [-0.05, 0) is 54.6 Å². The summed E-state index contributed by atoms with van der Waals surface area (Å²) in [5.74, 6) is -1.23. The maximum absolute atomic E-state index is 13.4. The third kappa shape index (κ3) is 5.62. The van der Waals surface area contributed by atoms with Crippen molar-refractivity contribution in [3.63, 3.8) is 0 Å². The van der Waals surface area contributed by atoms with Gasteiger partial charge in [0.2, 0.25) is 5.91 Å². The van der Waals surface area contributed by atoms with Gasteiger partial charge in [0.1, 0.15) is 5.82 Å². The Kier molecular flexibility index (Phi) is 7.25. The maximum atomic E-state index is 13.4. The Bertz CT molecular complexity index is 1320. The first-order valence-corrected chi connectivity index (χ1v) is 11.1. The van der Waals surface area contributed by atoms with E-state index in [1.54, 1.807) is 29.1 Å². The Morgan fingerprint density at radius 2 is 1.68 bits per heavy atom. The monoisotopic (exact) mass is 496 g/mol.